The Morgan fingerprint density at radius 2 is 1.85 bits per heavy atom. The molecule has 1 aliphatic heterocycles. The Morgan fingerprint density at radius 3 is 2.54 bits per heavy atom. The minimum atomic E-state index is -4.71. The molecule has 0 bridgehead atoms. The summed E-state index contributed by atoms with van der Waals surface area (Å²) < 4.78 is 64.2. The van der Waals surface area contributed by atoms with Crippen molar-refractivity contribution in [1.29, 1.82) is 0 Å². The summed E-state index contributed by atoms with van der Waals surface area (Å²) in [6.07, 6.45) is 0.604. The summed E-state index contributed by atoms with van der Waals surface area (Å²) in [5.74, 6) is -0.670. The van der Waals surface area contributed by atoms with Gasteiger partial charge < -0.3 is 9.64 Å². The minimum absolute atomic E-state index is 0.0153. The molecule has 2 atom stereocenters. The van der Waals surface area contributed by atoms with E-state index >= 15 is 4.39 Å². The van der Waals surface area contributed by atoms with Gasteiger partial charge in [-0.05, 0) is 44.9 Å². The molecule has 0 N–H and O–H groups in total. The smallest absolute Gasteiger partial charge is 0.367 e. The third-order valence-corrected chi connectivity index (χ3v) is 7.15. The molecule has 2 aliphatic rings. The maximum atomic E-state index is 15.2. The molecule has 3 aromatic heterocycles. The molecule has 39 heavy (non-hydrogen) atoms. The number of ether oxygens (including phenoxy) is 1. The number of morpholine rings is 1. The van der Waals surface area contributed by atoms with E-state index in [0.717, 1.165) is 30.5 Å². The van der Waals surface area contributed by atoms with Crippen molar-refractivity contribution in [2.75, 3.05) is 18.0 Å². The normalized spacial score (nSPS) is 20.1. The highest BCUT2D eigenvalue weighted by molar-refractivity contribution is 5.89. The van der Waals surface area contributed by atoms with Crippen LogP contribution in [0.2, 0.25) is 0 Å². The molecule has 1 saturated carbocycles. The first kappa shape index (κ1) is 25.4. The van der Waals surface area contributed by atoms with Gasteiger partial charge in [0.25, 0.3) is 5.56 Å². The third kappa shape index (κ3) is 4.64. The molecule has 9 nitrogen and oxygen atoms in total. The predicted molar refractivity (Wildman–Crippen MR) is 134 cm³/mol. The fourth-order valence-electron chi connectivity index (χ4n) is 4.81. The summed E-state index contributed by atoms with van der Waals surface area (Å²) in [5, 5.41) is 4.45. The second kappa shape index (κ2) is 9.11. The highest BCUT2D eigenvalue weighted by atomic mass is 19.4. The summed E-state index contributed by atoms with van der Waals surface area (Å²) in [4.78, 5) is 28.5. The quantitative estimate of drug-likeness (QED) is 0.354. The monoisotopic (exact) mass is 543 g/mol. The highest BCUT2D eigenvalue weighted by Gasteiger charge is 2.34. The number of anilines is 1. The SMILES string of the molecule is Cc1nc2c(-c3ccc(C(F)(F)F)cc3F)nc(N3C[C@@H](c4cnn(C5CC5)c4)O[C@@H](C)C3)nc2c(=O)n1C. The van der Waals surface area contributed by atoms with Gasteiger partial charge in [0.15, 0.2) is 5.52 Å². The first-order valence-corrected chi connectivity index (χ1v) is 12.6. The summed E-state index contributed by atoms with van der Waals surface area (Å²) in [6.45, 7) is 4.21. The van der Waals surface area contributed by atoms with Crippen molar-refractivity contribution in [3.05, 3.63) is 63.7 Å². The molecule has 0 spiro atoms. The van der Waals surface area contributed by atoms with Gasteiger partial charge in [-0.25, -0.2) is 19.3 Å². The van der Waals surface area contributed by atoms with Crippen LogP contribution in [0.5, 0.6) is 0 Å². The van der Waals surface area contributed by atoms with E-state index in [1.807, 2.05) is 22.7 Å². The maximum Gasteiger partial charge on any atom is 0.416 e. The molecule has 1 aliphatic carbocycles. The zero-order valence-corrected chi connectivity index (χ0v) is 21.4. The standard InChI is InChI=1S/C26H25F4N7O2/c1-13-10-36(12-20(39-13)15-9-31-37(11-15)17-5-6-17)25-33-21(18-7-4-16(8-19(18)27)26(28,29)30)22-23(34-25)24(38)35(3)14(2)32-22/h4,7-9,11,13,17,20H,5-6,10,12H2,1-3H3/t13-,20-/m0/s1. The molecule has 1 aromatic carbocycles. The Labute approximate surface area is 220 Å². The fourth-order valence-corrected chi connectivity index (χ4v) is 4.81. The van der Waals surface area contributed by atoms with Crippen LogP contribution < -0.4 is 10.5 Å². The van der Waals surface area contributed by atoms with Crippen LogP contribution in [0.3, 0.4) is 0 Å². The van der Waals surface area contributed by atoms with Crippen molar-refractivity contribution in [3.63, 3.8) is 0 Å². The van der Waals surface area contributed by atoms with E-state index in [9.17, 15) is 18.0 Å². The second-order valence-corrected chi connectivity index (χ2v) is 10.1. The van der Waals surface area contributed by atoms with Gasteiger partial charge in [-0.2, -0.15) is 18.3 Å². The van der Waals surface area contributed by atoms with Gasteiger partial charge in [-0.1, -0.05) is 0 Å². The lowest BCUT2D eigenvalue weighted by Gasteiger charge is -2.36. The van der Waals surface area contributed by atoms with Gasteiger partial charge in [0.05, 0.1) is 30.5 Å². The summed E-state index contributed by atoms with van der Waals surface area (Å²) in [6, 6.07) is 2.62. The van der Waals surface area contributed by atoms with Crippen LogP contribution >= 0.6 is 0 Å². The van der Waals surface area contributed by atoms with Crippen LogP contribution in [0.15, 0.2) is 35.4 Å². The number of benzene rings is 1. The molecule has 4 aromatic rings. The molecule has 6 rings (SSSR count). The number of fused-ring (bicyclic) bond motifs is 1. The van der Waals surface area contributed by atoms with Gasteiger partial charge in [-0.3, -0.25) is 14.0 Å². The van der Waals surface area contributed by atoms with E-state index < -0.39 is 23.1 Å². The number of aromatic nitrogens is 6. The molecule has 0 unspecified atom stereocenters. The van der Waals surface area contributed by atoms with E-state index in [0.29, 0.717) is 31.0 Å². The van der Waals surface area contributed by atoms with Gasteiger partial charge in [0, 0.05) is 30.9 Å². The van der Waals surface area contributed by atoms with E-state index in [4.69, 9.17) is 4.74 Å². The maximum absolute atomic E-state index is 15.2. The molecule has 2 fully saturated rings. The Bertz CT molecular complexity index is 1640. The van der Waals surface area contributed by atoms with Gasteiger partial charge in [0.1, 0.15) is 29.0 Å². The Hall–Kier alpha value is -3.87. The molecule has 1 saturated heterocycles. The van der Waals surface area contributed by atoms with Gasteiger partial charge in [-0.15, -0.1) is 0 Å². The van der Waals surface area contributed by atoms with Crippen LogP contribution in [0.1, 0.15) is 48.9 Å². The van der Waals surface area contributed by atoms with E-state index in [1.165, 1.54) is 11.6 Å². The number of rotatable bonds is 4. The van der Waals surface area contributed by atoms with E-state index in [2.05, 4.69) is 20.1 Å². The van der Waals surface area contributed by atoms with Crippen molar-refractivity contribution >= 4 is 17.0 Å². The number of hydrogen-bond donors (Lipinski definition) is 0. The van der Waals surface area contributed by atoms with Crippen molar-refractivity contribution in [3.8, 4) is 11.3 Å². The van der Waals surface area contributed by atoms with Gasteiger partial charge in [0.2, 0.25) is 5.95 Å². The van der Waals surface area contributed by atoms with E-state index in [1.54, 1.807) is 13.1 Å². The van der Waals surface area contributed by atoms with Gasteiger partial charge >= 0.3 is 6.18 Å². The number of hydrogen-bond acceptors (Lipinski definition) is 7. The number of aryl methyl sites for hydroxylation is 1. The molecular formula is C26H25F4N7O2. The summed E-state index contributed by atoms with van der Waals surface area (Å²) in [7, 11) is 1.54. The Balaban J connectivity index is 1.47. The van der Waals surface area contributed by atoms with Crippen LogP contribution in [0.4, 0.5) is 23.5 Å². The summed E-state index contributed by atoms with van der Waals surface area (Å²) >= 11 is 0. The van der Waals surface area contributed by atoms with Crippen molar-refractivity contribution in [2.45, 2.75) is 51.1 Å². The second-order valence-electron chi connectivity index (χ2n) is 10.1. The average Bonchev–Trinajstić information content (AvgIpc) is 3.62. The van der Waals surface area contributed by atoms with Crippen LogP contribution in [0, 0.1) is 12.7 Å². The lowest BCUT2D eigenvalue weighted by Crippen LogP contribution is -2.43. The number of halogens is 4. The minimum Gasteiger partial charge on any atom is -0.367 e. The zero-order chi connectivity index (χ0) is 27.6. The lowest BCUT2D eigenvalue weighted by molar-refractivity contribution is -0.137. The number of alkyl halides is 3. The predicted octanol–water partition coefficient (Wildman–Crippen LogP) is 4.35. The van der Waals surface area contributed by atoms with Crippen LogP contribution in [-0.2, 0) is 18.0 Å². The lowest BCUT2D eigenvalue weighted by atomic mass is 10.1. The molecule has 0 radical (unpaired) electrons. The zero-order valence-electron chi connectivity index (χ0n) is 21.4. The van der Waals surface area contributed by atoms with E-state index in [-0.39, 0.29) is 40.4 Å². The molecule has 13 heteroatoms. The highest BCUT2D eigenvalue weighted by Crippen LogP contribution is 2.37. The topological polar surface area (TPSA) is 91.0 Å². The molecular weight excluding hydrogens is 518 g/mol. The fraction of sp³-hybridized carbons (Fsp3) is 0.423. The molecule has 4 heterocycles. The Kier molecular flexibility index (Phi) is 5.93. The number of nitrogens with zero attached hydrogens (tertiary/aromatic N) is 7. The third-order valence-electron chi connectivity index (χ3n) is 7.15. The summed E-state index contributed by atoms with van der Waals surface area (Å²) in [5.41, 5.74) is -1.01. The average molecular weight is 544 g/mol. The molecule has 0 amide bonds. The Morgan fingerprint density at radius 1 is 1.08 bits per heavy atom. The van der Waals surface area contributed by atoms with Crippen molar-refractivity contribution in [1.82, 2.24) is 29.3 Å². The molecule has 204 valence electrons. The first-order chi connectivity index (χ1) is 18.5. The first-order valence-electron chi connectivity index (χ1n) is 12.6. The largest absolute Gasteiger partial charge is 0.416 e. The van der Waals surface area contributed by atoms with Crippen molar-refractivity contribution in [2.24, 2.45) is 7.05 Å². The van der Waals surface area contributed by atoms with Crippen molar-refractivity contribution < 1.29 is 22.3 Å². The van der Waals surface area contributed by atoms with Crippen LogP contribution in [-0.4, -0.2) is 48.5 Å². The van der Waals surface area contributed by atoms with Crippen LogP contribution in [0.25, 0.3) is 22.3 Å².